The first kappa shape index (κ1) is 16.0. The third-order valence-corrected chi connectivity index (χ3v) is 5.93. The molecule has 0 spiro atoms. The molecule has 1 aromatic rings. The molecule has 0 aromatic heterocycles. The molecule has 1 aliphatic carbocycles. The fourth-order valence-corrected chi connectivity index (χ4v) is 3.99. The zero-order chi connectivity index (χ0) is 15.7. The van der Waals surface area contributed by atoms with Crippen molar-refractivity contribution in [1.29, 1.82) is 5.26 Å². The van der Waals surface area contributed by atoms with Gasteiger partial charge in [0.05, 0.1) is 11.0 Å². The van der Waals surface area contributed by atoms with E-state index >= 15 is 0 Å². The van der Waals surface area contributed by atoms with E-state index in [-0.39, 0.29) is 10.8 Å². The van der Waals surface area contributed by atoms with Crippen LogP contribution in [0.4, 0.5) is 0 Å². The first-order valence-corrected chi connectivity index (χ1v) is 8.84. The van der Waals surface area contributed by atoms with Crippen LogP contribution < -0.4 is 4.72 Å². The lowest BCUT2D eigenvalue weighted by Gasteiger charge is -2.27. The van der Waals surface area contributed by atoms with E-state index in [2.05, 4.69) is 10.8 Å². The van der Waals surface area contributed by atoms with Crippen molar-refractivity contribution in [2.45, 2.75) is 56.9 Å². The summed E-state index contributed by atoms with van der Waals surface area (Å²) in [7, 11) is -3.68. The predicted octanol–water partition coefficient (Wildman–Crippen LogP) is 2.78. The number of hydrogen-bond donors (Lipinski definition) is 1. The summed E-state index contributed by atoms with van der Waals surface area (Å²) < 4.78 is 27.6. The average molecular weight is 306 g/mol. The highest BCUT2D eigenvalue weighted by atomic mass is 32.2. The van der Waals surface area contributed by atoms with E-state index < -0.39 is 15.6 Å². The van der Waals surface area contributed by atoms with Gasteiger partial charge in [0.25, 0.3) is 0 Å². The molecule has 0 radical (unpaired) electrons. The van der Waals surface area contributed by atoms with E-state index in [0.29, 0.717) is 0 Å². The predicted molar refractivity (Wildman–Crippen MR) is 82.3 cm³/mol. The molecule has 0 amide bonds. The van der Waals surface area contributed by atoms with Crippen LogP contribution >= 0.6 is 0 Å². The van der Waals surface area contributed by atoms with Gasteiger partial charge in [-0.2, -0.15) is 9.98 Å². The Morgan fingerprint density at radius 1 is 1.24 bits per heavy atom. The smallest absolute Gasteiger partial charge is 0.207 e. The van der Waals surface area contributed by atoms with Gasteiger partial charge >= 0.3 is 0 Å². The summed E-state index contributed by atoms with van der Waals surface area (Å²) in [5.74, 6) is -0.116. The van der Waals surface area contributed by atoms with E-state index in [4.69, 9.17) is 0 Å². The molecule has 1 atom stereocenters. The number of benzene rings is 1. The van der Waals surface area contributed by atoms with Crippen LogP contribution in [-0.4, -0.2) is 14.0 Å². The standard InChI is InChI=1S/C16H22N2O2S/c1-12(2)16(3,11-17)18-21(19,20)15-9-8-13-6-4-5-7-14(13)10-15/h8-10,12,18H,4-7H2,1-3H3/t16-/m1/s1. The SMILES string of the molecule is CC(C)[C@@](C)(C#N)NS(=O)(=O)c1ccc2c(c1)CCCC2. The summed E-state index contributed by atoms with van der Waals surface area (Å²) in [6.45, 7) is 5.28. The van der Waals surface area contributed by atoms with Crippen LogP contribution in [0.2, 0.25) is 0 Å². The minimum Gasteiger partial charge on any atom is -0.207 e. The summed E-state index contributed by atoms with van der Waals surface area (Å²) in [6.07, 6.45) is 4.21. The molecular weight excluding hydrogens is 284 g/mol. The first-order chi connectivity index (χ1) is 9.78. The molecule has 0 heterocycles. The van der Waals surface area contributed by atoms with Gasteiger partial charge in [0.1, 0.15) is 5.54 Å². The maximum absolute atomic E-state index is 12.5. The van der Waals surface area contributed by atoms with Gasteiger partial charge in [-0.15, -0.1) is 0 Å². The zero-order valence-corrected chi connectivity index (χ0v) is 13.6. The van der Waals surface area contributed by atoms with Crippen molar-refractivity contribution < 1.29 is 8.42 Å². The summed E-state index contributed by atoms with van der Waals surface area (Å²) in [6, 6.07) is 7.38. The van der Waals surface area contributed by atoms with Gasteiger partial charge in [0.15, 0.2) is 0 Å². The lowest BCUT2D eigenvalue weighted by Crippen LogP contribution is -2.48. The number of rotatable bonds is 4. The first-order valence-electron chi connectivity index (χ1n) is 7.35. The van der Waals surface area contributed by atoms with Gasteiger partial charge < -0.3 is 0 Å². The summed E-state index contributed by atoms with van der Waals surface area (Å²) in [5.41, 5.74) is 1.26. The minimum atomic E-state index is -3.68. The highest BCUT2D eigenvalue weighted by Crippen LogP contribution is 2.25. The second kappa shape index (κ2) is 5.78. The second-order valence-electron chi connectivity index (χ2n) is 6.21. The number of aryl methyl sites for hydroxylation is 2. The molecule has 0 fully saturated rings. The van der Waals surface area contributed by atoms with E-state index in [1.165, 1.54) is 5.56 Å². The van der Waals surface area contributed by atoms with Gasteiger partial charge in [0.2, 0.25) is 10.0 Å². The normalized spacial score (nSPS) is 17.9. The summed E-state index contributed by atoms with van der Waals surface area (Å²) >= 11 is 0. The largest absolute Gasteiger partial charge is 0.241 e. The fraction of sp³-hybridized carbons (Fsp3) is 0.562. The van der Waals surface area contributed by atoms with Crippen LogP contribution in [-0.2, 0) is 22.9 Å². The monoisotopic (exact) mass is 306 g/mol. The Morgan fingerprint density at radius 3 is 2.43 bits per heavy atom. The Bertz CT molecular complexity index is 674. The third-order valence-electron chi connectivity index (χ3n) is 4.36. The van der Waals surface area contributed by atoms with Crippen LogP contribution in [0.3, 0.4) is 0 Å². The Kier molecular flexibility index (Phi) is 4.40. The molecule has 21 heavy (non-hydrogen) atoms. The highest BCUT2D eigenvalue weighted by molar-refractivity contribution is 7.89. The maximum atomic E-state index is 12.5. The van der Waals surface area contributed by atoms with Crippen molar-refractivity contribution in [3.05, 3.63) is 29.3 Å². The number of fused-ring (bicyclic) bond motifs is 1. The van der Waals surface area contributed by atoms with Crippen LogP contribution in [0, 0.1) is 17.2 Å². The molecule has 1 aromatic carbocycles. The Balaban J connectivity index is 2.34. The lowest BCUT2D eigenvalue weighted by molar-refractivity contribution is 0.388. The lowest BCUT2D eigenvalue weighted by atomic mass is 9.92. The number of sulfonamides is 1. The van der Waals surface area contributed by atoms with Gasteiger partial charge in [-0.05, 0) is 61.8 Å². The highest BCUT2D eigenvalue weighted by Gasteiger charge is 2.34. The summed E-state index contributed by atoms with van der Waals surface area (Å²) in [4.78, 5) is 0.255. The number of nitrogens with one attached hydrogen (secondary N) is 1. The van der Waals surface area contributed by atoms with E-state index in [9.17, 15) is 13.7 Å². The van der Waals surface area contributed by atoms with Gasteiger partial charge in [-0.1, -0.05) is 19.9 Å². The van der Waals surface area contributed by atoms with Crippen molar-refractivity contribution in [2.75, 3.05) is 0 Å². The molecule has 4 nitrogen and oxygen atoms in total. The fourth-order valence-electron chi connectivity index (χ4n) is 2.48. The second-order valence-corrected chi connectivity index (χ2v) is 7.89. The average Bonchev–Trinajstić information content (AvgIpc) is 2.46. The molecular formula is C16H22N2O2S. The Labute approximate surface area is 127 Å². The molecule has 0 saturated carbocycles. The molecule has 0 aliphatic heterocycles. The van der Waals surface area contributed by atoms with Crippen molar-refractivity contribution in [1.82, 2.24) is 4.72 Å². The van der Waals surface area contributed by atoms with E-state index in [0.717, 1.165) is 31.2 Å². The van der Waals surface area contributed by atoms with Crippen molar-refractivity contribution in [3.8, 4) is 6.07 Å². The Morgan fingerprint density at radius 2 is 1.86 bits per heavy atom. The van der Waals surface area contributed by atoms with Crippen molar-refractivity contribution >= 4 is 10.0 Å². The number of hydrogen-bond acceptors (Lipinski definition) is 3. The van der Waals surface area contributed by atoms with Gasteiger partial charge in [-0.25, -0.2) is 8.42 Å². The molecule has 0 saturated heterocycles. The maximum Gasteiger partial charge on any atom is 0.241 e. The van der Waals surface area contributed by atoms with E-state index in [1.807, 2.05) is 19.9 Å². The van der Waals surface area contributed by atoms with Gasteiger partial charge in [0, 0.05) is 0 Å². The molecule has 5 heteroatoms. The minimum absolute atomic E-state index is 0.116. The van der Waals surface area contributed by atoms with E-state index in [1.54, 1.807) is 19.1 Å². The van der Waals surface area contributed by atoms with Crippen LogP contribution in [0.5, 0.6) is 0 Å². The Hall–Kier alpha value is -1.38. The molecule has 0 unspecified atom stereocenters. The third kappa shape index (κ3) is 3.28. The summed E-state index contributed by atoms with van der Waals surface area (Å²) in [5, 5.41) is 9.28. The molecule has 0 bridgehead atoms. The van der Waals surface area contributed by atoms with Crippen molar-refractivity contribution in [3.63, 3.8) is 0 Å². The van der Waals surface area contributed by atoms with Crippen molar-refractivity contribution in [2.24, 2.45) is 5.92 Å². The number of nitriles is 1. The van der Waals surface area contributed by atoms with Gasteiger partial charge in [-0.3, -0.25) is 0 Å². The molecule has 1 N–H and O–H groups in total. The van der Waals surface area contributed by atoms with Crippen LogP contribution in [0.1, 0.15) is 44.7 Å². The van der Waals surface area contributed by atoms with Crippen LogP contribution in [0.15, 0.2) is 23.1 Å². The number of nitrogens with zero attached hydrogens (tertiary/aromatic N) is 1. The topological polar surface area (TPSA) is 70.0 Å². The molecule has 1 aliphatic rings. The molecule has 2 rings (SSSR count). The zero-order valence-electron chi connectivity index (χ0n) is 12.8. The molecule has 114 valence electrons. The quantitative estimate of drug-likeness (QED) is 0.930. The van der Waals surface area contributed by atoms with Crippen LogP contribution in [0.25, 0.3) is 0 Å².